The second-order valence-electron chi connectivity index (χ2n) is 2.29. The zero-order valence-electron chi connectivity index (χ0n) is 5.58. The van der Waals surface area contributed by atoms with Crippen LogP contribution in [0.1, 0.15) is 12.8 Å². The lowest BCUT2D eigenvalue weighted by molar-refractivity contribution is 0.263. The van der Waals surface area contributed by atoms with Crippen molar-refractivity contribution >= 4 is 0 Å². The van der Waals surface area contributed by atoms with Gasteiger partial charge in [0.1, 0.15) is 0 Å². The molecule has 0 amide bonds. The minimum Gasteiger partial charge on any atom is -0.396 e. The van der Waals surface area contributed by atoms with Crippen molar-refractivity contribution in [3.8, 4) is 0 Å². The van der Waals surface area contributed by atoms with Crippen LogP contribution in [0.25, 0.3) is 0 Å². The Hall–Kier alpha value is -0.500. The monoisotopic (exact) mass is 127 g/mol. The summed E-state index contributed by atoms with van der Waals surface area (Å²) >= 11 is 0. The average molecular weight is 127 g/mol. The summed E-state index contributed by atoms with van der Waals surface area (Å²) in [5.41, 5.74) is 0. The Morgan fingerprint density at radius 2 is 2.44 bits per heavy atom. The van der Waals surface area contributed by atoms with Gasteiger partial charge in [0.2, 0.25) is 0 Å². The minimum absolute atomic E-state index is 0.310. The van der Waals surface area contributed by atoms with Gasteiger partial charge in [-0.1, -0.05) is 6.08 Å². The van der Waals surface area contributed by atoms with Gasteiger partial charge in [-0.15, -0.1) is 0 Å². The van der Waals surface area contributed by atoms with Gasteiger partial charge in [-0.3, -0.25) is 0 Å². The molecule has 1 aliphatic rings. The van der Waals surface area contributed by atoms with Crippen molar-refractivity contribution in [3.63, 3.8) is 0 Å². The zero-order valence-corrected chi connectivity index (χ0v) is 5.58. The number of aliphatic hydroxyl groups excluding tert-OH is 1. The van der Waals surface area contributed by atoms with E-state index in [-0.39, 0.29) is 0 Å². The molecule has 52 valence electrons. The summed E-state index contributed by atoms with van der Waals surface area (Å²) in [6.45, 7) is 2.46. The Bertz CT molecular complexity index is 101. The van der Waals surface area contributed by atoms with Gasteiger partial charge in [-0.05, 0) is 19.0 Å². The van der Waals surface area contributed by atoms with E-state index in [1.54, 1.807) is 0 Å². The molecule has 0 bridgehead atoms. The lowest BCUT2D eigenvalue weighted by Crippen LogP contribution is -2.16. The summed E-state index contributed by atoms with van der Waals surface area (Å²) in [7, 11) is 0. The van der Waals surface area contributed by atoms with Crippen LogP contribution in [0.15, 0.2) is 12.3 Å². The summed E-state index contributed by atoms with van der Waals surface area (Å²) in [5.74, 6) is 0. The van der Waals surface area contributed by atoms with Crippen LogP contribution in [0.4, 0.5) is 0 Å². The number of nitrogens with zero attached hydrogens (tertiary/aromatic N) is 1. The number of aliphatic hydroxyl groups is 1. The molecule has 0 aliphatic carbocycles. The van der Waals surface area contributed by atoms with Gasteiger partial charge in [0.25, 0.3) is 0 Å². The molecule has 0 unspecified atom stereocenters. The third kappa shape index (κ3) is 2.06. The quantitative estimate of drug-likeness (QED) is 0.599. The van der Waals surface area contributed by atoms with Crippen LogP contribution in [-0.4, -0.2) is 29.7 Å². The zero-order chi connectivity index (χ0) is 6.53. The highest BCUT2D eigenvalue weighted by Crippen LogP contribution is 2.03. The van der Waals surface area contributed by atoms with Crippen LogP contribution in [-0.2, 0) is 0 Å². The van der Waals surface area contributed by atoms with E-state index in [0.29, 0.717) is 6.61 Å². The van der Waals surface area contributed by atoms with Crippen LogP contribution in [0.5, 0.6) is 0 Å². The molecule has 0 aromatic heterocycles. The molecule has 9 heavy (non-hydrogen) atoms. The first-order chi connectivity index (χ1) is 4.43. The predicted octanol–water partition coefficient (Wildman–Crippen LogP) is 0.588. The Labute approximate surface area is 55.8 Å². The molecule has 2 nitrogen and oxygen atoms in total. The van der Waals surface area contributed by atoms with Crippen molar-refractivity contribution < 1.29 is 5.11 Å². The Morgan fingerprint density at radius 1 is 1.56 bits per heavy atom. The maximum absolute atomic E-state index is 8.48. The number of rotatable bonds is 3. The van der Waals surface area contributed by atoms with Gasteiger partial charge < -0.3 is 10.0 Å². The topological polar surface area (TPSA) is 23.5 Å². The summed E-state index contributed by atoms with van der Waals surface area (Å²) in [6.07, 6.45) is 6.34. The highest BCUT2D eigenvalue weighted by atomic mass is 16.3. The van der Waals surface area contributed by atoms with Gasteiger partial charge in [0.15, 0.2) is 0 Å². The minimum atomic E-state index is 0.310. The fraction of sp³-hybridized carbons (Fsp3) is 0.714. The lowest BCUT2D eigenvalue weighted by atomic mass is 10.4. The standard InChI is InChI=1S/C7H13NO/c9-7-3-6-8-4-1-2-5-8/h1,4,9H,2-3,5-7H2. The fourth-order valence-electron chi connectivity index (χ4n) is 0.999. The highest BCUT2D eigenvalue weighted by molar-refractivity contribution is 4.90. The van der Waals surface area contributed by atoms with Crippen LogP contribution in [0.3, 0.4) is 0 Å². The molecule has 1 aliphatic heterocycles. The number of hydrogen-bond acceptors (Lipinski definition) is 2. The van der Waals surface area contributed by atoms with Crippen molar-refractivity contribution in [2.45, 2.75) is 12.8 Å². The van der Waals surface area contributed by atoms with Crippen molar-refractivity contribution in [1.29, 1.82) is 0 Å². The van der Waals surface area contributed by atoms with Gasteiger partial charge >= 0.3 is 0 Å². The van der Waals surface area contributed by atoms with E-state index in [2.05, 4.69) is 17.2 Å². The molecule has 0 aromatic carbocycles. The van der Waals surface area contributed by atoms with Crippen LogP contribution in [0, 0.1) is 0 Å². The predicted molar refractivity (Wildman–Crippen MR) is 37.0 cm³/mol. The highest BCUT2D eigenvalue weighted by Gasteiger charge is 2.01. The number of hydrogen-bond donors (Lipinski definition) is 1. The van der Waals surface area contributed by atoms with E-state index in [1.165, 1.54) is 6.42 Å². The first kappa shape index (κ1) is 6.62. The van der Waals surface area contributed by atoms with Crippen molar-refractivity contribution in [1.82, 2.24) is 4.90 Å². The first-order valence-electron chi connectivity index (χ1n) is 3.45. The summed E-state index contributed by atoms with van der Waals surface area (Å²) in [5, 5.41) is 8.48. The lowest BCUT2D eigenvalue weighted by Gasteiger charge is -2.13. The van der Waals surface area contributed by atoms with E-state index < -0.39 is 0 Å². The molecule has 1 N–H and O–H groups in total. The van der Waals surface area contributed by atoms with E-state index >= 15 is 0 Å². The normalized spacial score (nSPS) is 17.2. The Kier molecular flexibility index (Phi) is 2.58. The Morgan fingerprint density at radius 3 is 3.00 bits per heavy atom. The van der Waals surface area contributed by atoms with Crippen molar-refractivity contribution in [3.05, 3.63) is 12.3 Å². The maximum Gasteiger partial charge on any atom is 0.0447 e. The molecule has 0 fully saturated rings. The second-order valence-corrected chi connectivity index (χ2v) is 2.29. The second kappa shape index (κ2) is 3.51. The summed E-state index contributed by atoms with van der Waals surface area (Å²) in [4.78, 5) is 2.23. The molecule has 0 atom stereocenters. The molecular formula is C7H13NO. The first-order valence-corrected chi connectivity index (χ1v) is 3.45. The SMILES string of the molecule is OCCCN1C=CCC1. The summed E-state index contributed by atoms with van der Waals surface area (Å²) in [6, 6.07) is 0. The molecule has 1 heterocycles. The van der Waals surface area contributed by atoms with E-state index in [9.17, 15) is 0 Å². The van der Waals surface area contributed by atoms with Crippen molar-refractivity contribution in [2.75, 3.05) is 19.7 Å². The molecule has 0 radical (unpaired) electrons. The van der Waals surface area contributed by atoms with E-state index in [4.69, 9.17) is 5.11 Å². The smallest absolute Gasteiger partial charge is 0.0447 e. The molecule has 0 spiro atoms. The third-order valence-corrected chi connectivity index (χ3v) is 1.50. The van der Waals surface area contributed by atoms with Gasteiger partial charge in [0, 0.05) is 19.7 Å². The Balaban J connectivity index is 2.05. The molecule has 0 aromatic rings. The molecule has 2 heteroatoms. The van der Waals surface area contributed by atoms with E-state index in [1.807, 2.05) is 0 Å². The van der Waals surface area contributed by atoms with Gasteiger partial charge in [-0.25, -0.2) is 0 Å². The largest absolute Gasteiger partial charge is 0.396 e. The molecule has 0 saturated heterocycles. The van der Waals surface area contributed by atoms with Gasteiger partial charge in [0.05, 0.1) is 0 Å². The van der Waals surface area contributed by atoms with E-state index in [0.717, 1.165) is 19.5 Å². The van der Waals surface area contributed by atoms with Crippen molar-refractivity contribution in [2.24, 2.45) is 0 Å². The third-order valence-electron chi connectivity index (χ3n) is 1.50. The average Bonchev–Trinajstić information content (AvgIpc) is 2.34. The van der Waals surface area contributed by atoms with Crippen LogP contribution < -0.4 is 0 Å². The molecular weight excluding hydrogens is 114 g/mol. The van der Waals surface area contributed by atoms with Crippen LogP contribution in [0.2, 0.25) is 0 Å². The maximum atomic E-state index is 8.48. The van der Waals surface area contributed by atoms with Gasteiger partial charge in [-0.2, -0.15) is 0 Å². The molecule has 1 rings (SSSR count). The fourth-order valence-corrected chi connectivity index (χ4v) is 0.999. The molecule has 0 saturated carbocycles. The summed E-state index contributed by atoms with van der Waals surface area (Å²) < 4.78 is 0. The van der Waals surface area contributed by atoms with Crippen LogP contribution >= 0.6 is 0 Å².